The van der Waals surface area contributed by atoms with Crippen LogP contribution in [0.3, 0.4) is 0 Å². The van der Waals surface area contributed by atoms with Gasteiger partial charge in [-0.1, -0.05) is 13.8 Å². The number of hydrogen-bond donors (Lipinski definition) is 0. The van der Waals surface area contributed by atoms with Crippen LogP contribution in [0, 0.1) is 17.8 Å². The van der Waals surface area contributed by atoms with E-state index in [0.717, 1.165) is 23.8 Å². The van der Waals surface area contributed by atoms with Gasteiger partial charge in [-0.25, -0.2) is 0 Å². The molecular formula is C17H34N2. The molecule has 0 aromatic rings. The van der Waals surface area contributed by atoms with Crippen LogP contribution in [-0.2, 0) is 0 Å². The first-order chi connectivity index (χ1) is 9.06. The summed E-state index contributed by atoms with van der Waals surface area (Å²) in [7, 11) is 4.48. The third-order valence-electron chi connectivity index (χ3n) is 5.64. The maximum atomic E-state index is 2.75. The SMILES string of the molecule is CC(C)C1CCN(CC2CCC(N(C)C)CC2)CC1. The van der Waals surface area contributed by atoms with Gasteiger partial charge < -0.3 is 9.80 Å². The van der Waals surface area contributed by atoms with Crippen molar-refractivity contribution in [3.63, 3.8) is 0 Å². The summed E-state index contributed by atoms with van der Waals surface area (Å²) in [6.45, 7) is 8.88. The number of hydrogen-bond acceptors (Lipinski definition) is 2. The van der Waals surface area contributed by atoms with Crippen molar-refractivity contribution in [2.24, 2.45) is 17.8 Å². The van der Waals surface area contributed by atoms with E-state index >= 15 is 0 Å². The van der Waals surface area contributed by atoms with Crippen molar-refractivity contribution in [1.82, 2.24) is 9.80 Å². The van der Waals surface area contributed by atoms with Gasteiger partial charge >= 0.3 is 0 Å². The molecule has 1 aliphatic heterocycles. The molecule has 1 saturated carbocycles. The normalized spacial score (nSPS) is 31.3. The van der Waals surface area contributed by atoms with E-state index in [1.807, 2.05) is 0 Å². The summed E-state index contributed by atoms with van der Waals surface area (Å²) < 4.78 is 0. The fourth-order valence-electron chi connectivity index (χ4n) is 4.01. The molecule has 0 N–H and O–H groups in total. The first-order valence-electron chi connectivity index (χ1n) is 8.45. The van der Waals surface area contributed by atoms with Gasteiger partial charge in [0.1, 0.15) is 0 Å². The number of likely N-dealkylation sites (tertiary alicyclic amines) is 1. The summed E-state index contributed by atoms with van der Waals surface area (Å²) in [6, 6.07) is 0.850. The Morgan fingerprint density at radius 3 is 2.00 bits per heavy atom. The number of piperidine rings is 1. The van der Waals surface area contributed by atoms with E-state index in [4.69, 9.17) is 0 Å². The van der Waals surface area contributed by atoms with E-state index in [0.29, 0.717) is 0 Å². The smallest absolute Gasteiger partial charge is 0.00893 e. The molecule has 0 bridgehead atoms. The van der Waals surface area contributed by atoms with Crippen molar-refractivity contribution >= 4 is 0 Å². The summed E-state index contributed by atoms with van der Waals surface area (Å²) in [5.74, 6) is 2.85. The van der Waals surface area contributed by atoms with Gasteiger partial charge in [-0.15, -0.1) is 0 Å². The third-order valence-corrected chi connectivity index (χ3v) is 5.64. The molecule has 0 amide bonds. The van der Waals surface area contributed by atoms with Crippen molar-refractivity contribution in [2.45, 2.75) is 58.4 Å². The van der Waals surface area contributed by atoms with Crippen molar-refractivity contribution in [3.05, 3.63) is 0 Å². The highest BCUT2D eigenvalue weighted by Gasteiger charge is 2.26. The second kappa shape index (κ2) is 7.08. The van der Waals surface area contributed by atoms with Crippen LogP contribution in [0.15, 0.2) is 0 Å². The van der Waals surface area contributed by atoms with Gasteiger partial charge in [-0.05, 0) is 83.5 Å². The Morgan fingerprint density at radius 2 is 1.53 bits per heavy atom. The lowest BCUT2D eigenvalue weighted by Crippen LogP contribution is -2.40. The van der Waals surface area contributed by atoms with Crippen molar-refractivity contribution in [3.8, 4) is 0 Å². The molecule has 112 valence electrons. The van der Waals surface area contributed by atoms with Crippen LogP contribution in [0.5, 0.6) is 0 Å². The molecular weight excluding hydrogens is 232 g/mol. The maximum absolute atomic E-state index is 2.75. The average Bonchev–Trinajstić information content (AvgIpc) is 2.40. The highest BCUT2D eigenvalue weighted by Crippen LogP contribution is 2.29. The second-order valence-corrected chi connectivity index (χ2v) is 7.52. The summed E-state index contributed by atoms with van der Waals surface area (Å²) >= 11 is 0. The molecule has 2 nitrogen and oxygen atoms in total. The van der Waals surface area contributed by atoms with Crippen LogP contribution in [0.25, 0.3) is 0 Å². The van der Waals surface area contributed by atoms with Crippen LogP contribution in [0.1, 0.15) is 52.4 Å². The molecule has 2 aliphatic rings. The number of nitrogens with zero attached hydrogens (tertiary/aromatic N) is 2. The fraction of sp³-hybridized carbons (Fsp3) is 1.00. The van der Waals surface area contributed by atoms with Gasteiger partial charge in [0.15, 0.2) is 0 Å². The molecule has 0 atom stereocenters. The first-order valence-corrected chi connectivity index (χ1v) is 8.45. The Hall–Kier alpha value is -0.0800. The second-order valence-electron chi connectivity index (χ2n) is 7.52. The minimum Gasteiger partial charge on any atom is -0.306 e. The third kappa shape index (κ3) is 4.46. The van der Waals surface area contributed by atoms with E-state index in [-0.39, 0.29) is 0 Å². The van der Waals surface area contributed by atoms with Gasteiger partial charge in [0.05, 0.1) is 0 Å². The predicted molar refractivity (Wildman–Crippen MR) is 83.4 cm³/mol. The van der Waals surface area contributed by atoms with Crippen LogP contribution in [-0.4, -0.2) is 49.6 Å². The minimum absolute atomic E-state index is 0.850. The van der Waals surface area contributed by atoms with Crippen LogP contribution in [0.2, 0.25) is 0 Å². The van der Waals surface area contributed by atoms with Gasteiger partial charge in [-0.3, -0.25) is 0 Å². The molecule has 0 radical (unpaired) electrons. The lowest BCUT2D eigenvalue weighted by molar-refractivity contribution is 0.113. The largest absolute Gasteiger partial charge is 0.306 e. The molecule has 2 fully saturated rings. The maximum Gasteiger partial charge on any atom is 0.00893 e. The molecule has 1 aliphatic carbocycles. The van der Waals surface area contributed by atoms with Crippen molar-refractivity contribution in [2.75, 3.05) is 33.7 Å². The quantitative estimate of drug-likeness (QED) is 0.769. The van der Waals surface area contributed by atoms with Crippen molar-refractivity contribution in [1.29, 1.82) is 0 Å². The van der Waals surface area contributed by atoms with E-state index in [9.17, 15) is 0 Å². The molecule has 0 aromatic carbocycles. The molecule has 1 heterocycles. The summed E-state index contributed by atoms with van der Waals surface area (Å²) in [4.78, 5) is 5.17. The Bertz CT molecular complexity index is 220. The van der Waals surface area contributed by atoms with Gasteiger partial charge in [-0.2, -0.15) is 0 Å². The van der Waals surface area contributed by atoms with Crippen molar-refractivity contribution < 1.29 is 0 Å². The van der Waals surface area contributed by atoms with Gasteiger partial charge in [0.25, 0.3) is 0 Å². The zero-order chi connectivity index (χ0) is 13.8. The van der Waals surface area contributed by atoms with E-state index < -0.39 is 0 Å². The molecule has 0 aromatic heterocycles. The zero-order valence-electron chi connectivity index (χ0n) is 13.6. The monoisotopic (exact) mass is 266 g/mol. The Morgan fingerprint density at radius 1 is 0.947 bits per heavy atom. The molecule has 1 saturated heterocycles. The van der Waals surface area contributed by atoms with E-state index in [1.165, 1.54) is 58.2 Å². The lowest BCUT2D eigenvalue weighted by atomic mass is 9.83. The number of rotatable bonds is 4. The highest BCUT2D eigenvalue weighted by molar-refractivity contribution is 4.81. The Kier molecular flexibility index (Phi) is 5.70. The van der Waals surface area contributed by atoms with Gasteiger partial charge in [0, 0.05) is 12.6 Å². The summed E-state index contributed by atoms with van der Waals surface area (Å²) in [6.07, 6.45) is 8.61. The zero-order valence-corrected chi connectivity index (χ0v) is 13.6. The summed E-state index contributed by atoms with van der Waals surface area (Å²) in [5, 5.41) is 0. The Balaban J connectivity index is 1.67. The fourth-order valence-corrected chi connectivity index (χ4v) is 4.01. The molecule has 19 heavy (non-hydrogen) atoms. The minimum atomic E-state index is 0.850. The molecule has 2 heteroatoms. The van der Waals surface area contributed by atoms with E-state index in [2.05, 4.69) is 37.7 Å². The molecule has 0 unspecified atom stereocenters. The predicted octanol–water partition coefficient (Wildman–Crippen LogP) is 3.47. The van der Waals surface area contributed by atoms with E-state index in [1.54, 1.807) is 0 Å². The van der Waals surface area contributed by atoms with Crippen LogP contribution >= 0.6 is 0 Å². The Labute approximate surface area is 120 Å². The topological polar surface area (TPSA) is 6.48 Å². The highest BCUT2D eigenvalue weighted by atomic mass is 15.1. The van der Waals surface area contributed by atoms with Crippen LogP contribution < -0.4 is 0 Å². The van der Waals surface area contributed by atoms with Gasteiger partial charge in [0.2, 0.25) is 0 Å². The molecule has 0 spiro atoms. The average molecular weight is 266 g/mol. The first kappa shape index (κ1) is 15.3. The van der Waals surface area contributed by atoms with Crippen LogP contribution in [0.4, 0.5) is 0 Å². The summed E-state index contributed by atoms with van der Waals surface area (Å²) in [5.41, 5.74) is 0. The molecule has 2 rings (SSSR count). The lowest BCUT2D eigenvalue weighted by Gasteiger charge is -2.38. The standard InChI is InChI=1S/C17H34N2/c1-14(2)16-9-11-19(12-10-16)13-15-5-7-17(8-6-15)18(3)4/h14-17H,5-13H2,1-4H3.